The number of carbonyl (C=O) groups excluding carboxylic acids is 2. The molecule has 6 rings (SSSR count). The van der Waals surface area contributed by atoms with E-state index in [9.17, 15) is 18.0 Å². The zero-order valence-corrected chi connectivity index (χ0v) is 26.0. The summed E-state index contributed by atoms with van der Waals surface area (Å²) in [7, 11) is -2.13. The molecule has 1 saturated heterocycles. The molecule has 1 unspecified atom stereocenters. The van der Waals surface area contributed by atoms with Gasteiger partial charge in [-0.05, 0) is 51.2 Å². The molecule has 3 N–H and O–H groups in total. The van der Waals surface area contributed by atoms with E-state index in [-0.39, 0.29) is 18.4 Å². The summed E-state index contributed by atoms with van der Waals surface area (Å²) in [6.07, 6.45) is 7.33. The van der Waals surface area contributed by atoms with Crippen molar-refractivity contribution in [3.63, 3.8) is 0 Å². The molecule has 2 heterocycles. The van der Waals surface area contributed by atoms with Gasteiger partial charge in [0.1, 0.15) is 23.1 Å². The lowest BCUT2D eigenvalue weighted by molar-refractivity contribution is -0.130. The molecule has 0 spiro atoms. The van der Waals surface area contributed by atoms with Gasteiger partial charge in [0.2, 0.25) is 15.9 Å². The third-order valence-electron chi connectivity index (χ3n) is 10.0. The van der Waals surface area contributed by atoms with E-state index in [0.29, 0.717) is 37.3 Å². The molecule has 0 bridgehead atoms. The Balaban J connectivity index is 1.18. The van der Waals surface area contributed by atoms with Crippen molar-refractivity contribution in [3.8, 4) is 11.5 Å². The van der Waals surface area contributed by atoms with E-state index >= 15 is 0 Å². The van der Waals surface area contributed by atoms with E-state index in [2.05, 4.69) is 28.0 Å². The second-order valence-corrected chi connectivity index (χ2v) is 15.0. The van der Waals surface area contributed by atoms with E-state index in [1.54, 1.807) is 14.0 Å². The number of nitrogens with zero attached hydrogens (tertiary/aromatic N) is 1. The fourth-order valence-electron chi connectivity index (χ4n) is 6.75. The van der Waals surface area contributed by atoms with Crippen LogP contribution in [0.1, 0.15) is 83.2 Å². The Morgan fingerprint density at radius 3 is 2.51 bits per heavy atom. The Morgan fingerprint density at radius 1 is 1.12 bits per heavy atom. The number of amides is 2. The van der Waals surface area contributed by atoms with Gasteiger partial charge in [0.05, 0.1) is 23.9 Å². The molecule has 232 valence electrons. The van der Waals surface area contributed by atoms with Crippen LogP contribution in [0.2, 0.25) is 0 Å². The van der Waals surface area contributed by atoms with Crippen molar-refractivity contribution in [2.75, 3.05) is 13.7 Å². The number of aromatic nitrogens is 1. The zero-order valence-electron chi connectivity index (χ0n) is 25.2. The standard InChI is InChI=1S/C32H42N4O6S/c1-19(2)31(3)18-32(31,30(38)36-43(39,40)23-11-12-23)35-29(37)27-15-22(17-33-27)42-28-16-25(20-8-6-5-7-9-20)34-26-14-21(41-4)10-13-24(26)28/h10,13-14,16,20,22-23,27,33H,1,5-9,11-12,15,17-18H2,2-4H3,(H,35,37)(H,36,38)/t22-,27?,31-,32+/m1/s1. The van der Waals surface area contributed by atoms with Crippen LogP contribution in [0.5, 0.6) is 11.5 Å². The molecule has 3 aliphatic carbocycles. The Hall–Kier alpha value is -3.18. The van der Waals surface area contributed by atoms with E-state index < -0.39 is 38.2 Å². The van der Waals surface area contributed by atoms with Gasteiger partial charge in [0, 0.05) is 47.5 Å². The van der Waals surface area contributed by atoms with Crippen molar-refractivity contribution in [3.05, 3.63) is 42.1 Å². The van der Waals surface area contributed by atoms with Crippen molar-refractivity contribution in [1.29, 1.82) is 0 Å². The lowest BCUT2D eigenvalue weighted by atomic mass is 9.86. The molecule has 2 aromatic rings. The van der Waals surface area contributed by atoms with Gasteiger partial charge in [-0.15, -0.1) is 0 Å². The highest BCUT2D eigenvalue weighted by molar-refractivity contribution is 7.91. The van der Waals surface area contributed by atoms with E-state index in [1.807, 2.05) is 25.1 Å². The van der Waals surface area contributed by atoms with Gasteiger partial charge in [-0.3, -0.25) is 19.3 Å². The highest BCUT2D eigenvalue weighted by Gasteiger charge is 2.71. The number of hydrogen-bond acceptors (Lipinski definition) is 8. The third kappa shape index (κ3) is 5.61. The molecule has 1 aliphatic heterocycles. The smallest absolute Gasteiger partial charge is 0.260 e. The summed E-state index contributed by atoms with van der Waals surface area (Å²) >= 11 is 0. The van der Waals surface area contributed by atoms with Crippen LogP contribution in [0.15, 0.2) is 36.4 Å². The molecule has 43 heavy (non-hydrogen) atoms. The fourth-order valence-corrected chi connectivity index (χ4v) is 8.10. The molecule has 1 aromatic heterocycles. The first-order valence-corrected chi connectivity index (χ1v) is 16.9. The summed E-state index contributed by atoms with van der Waals surface area (Å²) < 4.78 is 39.4. The van der Waals surface area contributed by atoms with Crippen molar-refractivity contribution in [2.24, 2.45) is 5.41 Å². The minimum absolute atomic E-state index is 0.283. The molecule has 11 heteroatoms. The topological polar surface area (TPSA) is 136 Å². The van der Waals surface area contributed by atoms with Crippen LogP contribution in [-0.4, -0.2) is 61.8 Å². The first kappa shape index (κ1) is 29.9. The van der Waals surface area contributed by atoms with Crippen molar-refractivity contribution in [2.45, 2.75) is 100 Å². The minimum Gasteiger partial charge on any atom is -0.497 e. The average Bonchev–Trinajstić information content (AvgIpc) is 3.89. The average molecular weight is 611 g/mol. The molecule has 4 fully saturated rings. The van der Waals surface area contributed by atoms with Crippen LogP contribution in [0.25, 0.3) is 10.9 Å². The molecular weight excluding hydrogens is 568 g/mol. The molecular formula is C32H42N4O6S. The molecule has 4 aliphatic rings. The number of ether oxygens (including phenoxy) is 2. The van der Waals surface area contributed by atoms with Gasteiger partial charge in [-0.2, -0.15) is 0 Å². The van der Waals surface area contributed by atoms with Gasteiger partial charge >= 0.3 is 0 Å². The monoisotopic (exact) mass is 610 g/mol. The summed E-state index contributed by atoms with van der Waals surface area (Å²) in [6.45, 7) is 8.10. The number of benzene rings is 1. The first-order chi connectivity index (χ1) is 20.5. The van der Waals surface area contributed by atoms with Crippen molar-refractivity contribution < 1.29 is 27.5 Å². The van der Waals surface area contributed by atoms with Crippen LogP contribution < -0.4 is 24.8 Å². The van der Waals surface area contributed by atoms with Gasteiger partial charge in [-0.1, -0.05) is 38.3 Å². The number of methoxy groups -OCH3 is 1. The van der Waals surface area contributed by atoms with Gasteiger partial charge < -0.3 is 20.1 Å². The number of hydrogen-bond donors (Lipinski definition) is 3. The quantitative estimate of drug-likeness (QED) is 0.345. The Morgan fingerprint density at radius 2 is 1.86 bits per heavy atom. The number of nitrogens with one attached hydrogen (secondary N) is 3. The van der Waals surface area contributed by atoms with Crippen molar-refractivity contribution in [1.82, 2.24) is 20.3 Å². The molecule has 2 amide bonds. The first-order valence-electron chi connectivity index (χ1n) is 15.4. The van der Waals surface area contributed by atoms with E-state index in [4.69, 9.17) is 14.5 Å². The van der Waals surface area contributed by atoms with Gasteiger partial charge in [0.15, 0.2) is 0 Å². The number of rotatable bonds is 10. The van der Waals surface area contributed by atoms with Crippen LogP contribution >= 0.6 is 0 Å². The van der Waals surface area contributed by atoms with Gasteiger partial charge in [0.25, 0.3) is 5.91 Å². The molecule has 1 aromatic carbocycles. The largest absolute Gasteiger partial charge is 0.497 e. The second-order valence-electron chi connectivity index (χ2n) is 13.1. The summed E-state index contributed by atoms with van der Waals surface area (Å²) in [5.74, 6) is 0.800. The number of fused-ring (bicyclic) bond motifs is 1. The fraction of sp³-hybridized carbons (Fsp3) is 0.594. The number of pyridine rings is 1. The SMILES string of the molecule is C=C(C)[C@@]1(C)C[C@]1(NC(=O)C1C[C@@H](Oc2cc(C3CCCCC3)nc3cc(OC)ccc23)CN1)C(=O)NS(=O)(=O)C1CC1. The molecule has 3 saturated carbocycles. The highest BCUT2D eigenvalue weighted by Crippen LogP contribution is 2.60. The Labute approximate surface area is 253 Å². The van der Waals surface area contributed by atoms with Crippen LogP contribution in [0.4, 0.5) is 0 Å². The van der Waals surface area contributed by atoms with Crippen molar-refractivity contribution >= 4 is 32.7 Å². The van der Waals surface area contributed by atoms with E-state index in [1.165, 1.54) is 19.3 Å². The maximum atomic E-state index is 13.6. The number of sulfonamides is 1. The minimum atomic E-state index is -3.77. The molecule has 0 radical (unpaired) electrons. The zero-order chi connectivity index (χ0) is 30.6. The van der Waals surface area contributed by atoms with Gasteiger partial charge in [-0.25, -0.2) is 8.42 Å². The summed E-state index contributed by atoms with van der Waals surface area (Å²) in [5, 5.41) is 6.51. The summed E-state index contributed by atoms with van der Waals surface area (Å²) in [4.78, 5) is 31.9. The Kier molecular flexibility index (Phi) is 7.69. The lowest BCUT2D eigenvalue weighted by Gasteiger charge is -2.25. The third-order valence-corrected chi connectivity index (χ3v) is 11.8. The second kappa shape index (κ2) is 11.1. The normalized spacial score (nSPS) is 29.2. The van der Waals surface area contributed by atoms with Crippen LogP contribution in [-0.2, 0) is 19.6 Å². The molecule has 4 atom stereocenters. The lowest BCUT2D eigenvalue weighted by Crippen LogP contribution is -2.57. The van der Waals surface area contributed by atoms with Crippen LogP contribution in [0, 0.1) is 5.41 Å². The predicted octanol–water partition coefficient (Wildman–Crippen LogP) is 3.85. The Bertz CT molecular complexity index is 1570. The maximum Gasteiger partial charge on any atom is 0.260 e. The summed E-state index contributed by atoms with van der Waals surface area (Å²) in [5.41, 5.74) is 0.445. The number of carbonyl (C=O) groups is 2. The predicted molar refractivity (Wildman–Crippen MR) is 163 cm³/mol. The van der Waals surface area contributed by atoms with E-state index in [0.717, 1.165) is 40.9 Å². The summed E-state index contributed by atoms with van der Waals surface area (Å²) in [6, 6.07) is 7.23. The maximum absolute atomic E-state index is 13.6. The van der Waals surface area contributed by atoms with Crippen LogP contribution in [0.3, 0.4) is 0 Å². The highest BCUT2D eigenvalue weighted by atomic mass is 32.2. The molecule has 10 nitrogen and oxygen atoms in total.